The summed E-state index contributed by atoms with van der Waals surface area (Å²) in [5.74, 6) is 0. The zero-order valence-corrected chi connectivity index (χ0v) is 24.8. The first-order valence-corrected chi connectivity index (χ1v) is 14.8. The van der Waals surface area contributed by atoms with E-state index in [0.29, 0.717) is 9.79 Å². The molecule has 0 bridgehead atoms. The fraction of sp³-hybridized carbons (Fsp3) is 0.0714. The van der Waals surface area contributed by atoms with Crippen molar-refractivity contribution in [1.82, 2.24) is 15.0 Å². The zero-order valence-electron chi connectivity index (χ0n) is 20.6. The van der Waals surface area contributed by atoms with Gasteiger partial charge in [0.1, 0.15) is 0 Å². The van der Waals surface area contributed by atoms with E-state index < -0.39 is 21.4 Å². The molecule has 1 aromatic heterocycles. The van der Waals surface area contributed by atoms with Gasteiger partial charge in [0.25, 0.3) is 0 Å². The molecule has 5 aromatic rings. The Hall–Kier alpha value is -3.26. The molecule has 0 atom stereocenters. The Morgan fingerprint density at radius 2 is 1.03 bits per heavy atom. The third-order valence-electron chi connectivity index (χ3n) is 5.12. The van der Waals surface area contributed by atoms with Crippen molar-refractivity contribution in [3.8, 4) is 16.9 Å². The van der Waals surface area contributed by atoms with Crippen LogP contribution < -0.4 is 3.64 Å². The molecule has 0 saturated carbocycles. The van der Waals surface area contributed by atoms with E-state index in [4.69, 9.17) is 0 Å². The van der Waals surface area contributed by atoms with Gasteiger partial charge in [0.15, 0.2) is 0 Å². The van der Waals surface area contributed by atoms with Crippen molar-refractivity contribution in [3.63, 3.8) is 0 Å². The molecule has 0 fully saturated rings. The van der Waals surface area contributed by atoms with E-state index in [-0.39, 0.29) is 0 Å². The van der Waals surface area contributed by atoms with Crippen LogP contribution in [-0.2, 0) is 38.2 Å². The Labute approximate surface area is 239 Å². The fourth-order valence-corrected chi connectivity index (χ4v) is 4.76. The van der Waals surface area contributed by atoms with Crippen LogP contribution in [0.3, 0.4) is 0 Å². The summed E-state index contributed by atoms with van der Waals surface area (Å²) in [4.78, 5) is 0.677. The SMILES string of the molecule is Cc1ccc([S-](=O)=O)cc1.Cc1ccc([S-](=O)=O)cc1.[Sb][c]1c(-c2ccccc2)nnn1-c1ccccc1. The van der Waals surface area contributed by atoms with Gasteiger partial charge in [-0.2, -0.15) is 0 Å². The molecule has 0 saturated heterocycles. The van der Waals surface area contributed by atoms with E-state index >= 15 is 0 Å². The number of hydrogen-bond donors (Lipinski definition) is 0. The molecule has 0 aliphatic heterocycles. The van der Waals surface area contributed by atoms with Crippen molar-refractivity contribution in [2.24, 2.45) is 0 Å². The van der Waals surface area contributed by atoms with E-state index in [0.717, 1.165) is 31.7 Å². The third kappa shape index (κ3) is 8.65. The molecule has 2 radical (unpaired) electrons. The normalized spacial score (nSPS) is 10.3. The molecule has 194 valence electrons. The van der Waals surface area contributed by atoms with Crippen molar-refractivity contribution in [3.05, 3.63) is 120 Å². The summed E-state index contributed by atoms with van der Waals surface area (Å²) in [5.41, 5.74) is 5.23. The first-order chi connectivity index (χ1) is 18.3. The second-order valence-corrected chi connectivity index (χ2v) is 11.1. The van der Waals surface area contributed by atoms with Crippen molar-refractivity contribution >= 4 is 48.1 Å². The number of aryl methyl sites for hydroxylation is 2. The molecule has 0 N–H and O–H groups in total. The molecule has 10 heteroatoms. The molecule has 38 heavy (non-hydrogen) atoms. The number of benzene rings is 4. The molecule has 4 aromatic carbocycles. The minimum atomic E-state index is -2.09. The summed E-state index contributed by atoms with van der Waals surface area (Å²) in [5, 5.41) is 8.53. The second-order valence-electron chi connectivity index (χ2n) is 7.97. The molecule has 0 aliphatic carbocycles. The summed E-state index contributed by atoms with van der Waals surface area (Å²) < 4.78 is 44.2. The van der Waals surface area contributed by atoms with Crippen molar-refractivity contribution in [2.45, 2.75) is 23.6 Å². The van der Waals surface area contributed by atoms with Crippen molar-refractivity contribution < 1.29 is 16.8 Å². The van der Waals surface area contributed by atoms with Crippen LogP contribution in [0.15, 0.2) is 119 Å². The van der Waals surface area contributed by atoms with Gasteiger partial charge in [-0.3, -0.25) is 0 Å². The molecular formula is C28H24N3O4S2Sb-2. The molecule has 1 heterocycles. The Bertz CT molecular complexity index is 1460. The molecule has 0 aliphatic rings. The summed E-state index contributed by atoms with van der Waals surface area (Å²) in [7, 11) is -4.17. The van der Waals surface area contributed by atoms with Gasteiger partial charge < -0.3 is 16.8 Å². The number of aromatic nitrogens is 3. The Balaban J connectivity index is 0.000000171. The van der Waals surface area contributed by atoms with E-state index in [9.17, 15) is 16.8 Å². The summed E-state index contributed by atoms with van der Waals surface area (Å²) in [6, 6.07) is 33.6. The van der Waals surface area contributed by atoms with Gasteiger partial charge in [-0.15, -0.1) is 0 Å². The van der Waals surface area contributed by atoms with Gasteiger partial charge in [0.05, 0.1) is 0 Å². The standard InChI is InChI=1S/C14H10N3.2C7H7O2S.Sb/c1-3-7-12(8-4-1)14-11-17(16-15-14)13-9-5-2-6-10-13;2*1-6-2-4-7(5-3-6)10(8)9;/h1-10H;2*2-5H,1H3;/q;2*-1;. The summed E-state index contributed by atoms with van der Waals surface area (Å²) in [6.07, 6.45) is 0. The maximum atomic E-state index is 10.3. The quantitative estimate of drug-likeness (QED) is 0.199. The first kappa shape index (κ1) is 29.3. The van der Waals surface area contributed by atoms with Crippen LogP contribution in [0.2, 0.25) is 0 Å². The number of rotatable bonds is 4. The first-order valence-electron chi connectivity index (χ1n) is 11.3. The van der Waals surface area contributed by atoms with E-state index in [1.54, 1.807) is 71.6 Å². The molecule has 0 amide bonds. The minimum absolute atomic E-state index is 0.339. The number of para-hydroxylation sites is 1. The molecule has 5 rings (SSSR count). The van der Waals surface area contributed by atoms with E-state index in [1.807, 2.05) is 67.1 Å². The van der Waals surface area contributed by atoms with Crippen LogP contribution in [0.1, 0.15) is 11.1 Å². The van der Waals surface area contributed by atoms with Gasteiger partial charge in [0, 0.05) is 0 Å². The number of hydrogen-bond acceptors (Lipinski definition) is 8. The third-order valence-corrected chi connectivity index (χ3v) is 7.58. The molecule has 0 spiro atoms. The Morgan fingerprint density at radius 3 is 1.45 bits per heavy atom. The molecule has 7 nitrogen and oxygen atoms in total. The number of nitrogens with zero attached hydrogens (tertiary/aromatic N) is 3. The molecular weight excluding hydrogens is 628 g/mol. The monoisotopic (exact) mass is 651 g/mol. The van der Waals surface area contributed by atoms with Crippen LogP contribution in [0.4, 0.5) is 0 Å². The topological polar surface area (TPSA) is 99.0 Å². The summed E-state index contributed by atoms with van der Waals surface area (Å²) >= 11 is 1.63. The van der Waals surface area contributed by atoms with Crippen LogP contribution >= 0.6 is 0 Å². The second kappa shape index (κ2) is 14.6. The van der Waals surface area contributed by atoms with Gasteiger partial charge in [-0.25, -0.2) is 0 Å². The van der Waals surface area contributed by atoms with E-state index in [1.165, 1.54) is 0 Å². The fourth-order valence-electron chi connectivity index (χ4n) is 3.10. The van der Waals surface area contributed by atoms with Gasteiger partial charge >= 0.3 is 119 Å². The van der Waals surface area contributed by atoms with Crippen LogP contribution in [0.5, 0.6) is 0 Å². The van der Waals surface area contributed by atoms with Crippen LogP contribution in [-0.4, -0.2) is 38.0 Å². The van der Waals surface area contributed by atoms with Crippen LogP contribution in [0, 0.1) is 13.8 Å². The van der Waals surface area contributed by atoms with Gasteiger partial charge in [-0.05, 0) is 35.3 Å². The maximum absolute atomic E-state index is 10.3. The summed E-state index contributed by atoms with van der Waals surface area (Å²) in [6.45, 7) is 3.83. The average molecular weight is 652 g/mol. The van der Waals surface area contributed by atoms with Gasteiger partial charge in [-0.1, -0.05) is 69.4 Å². The zero-order chi connectivity index (χ0) is 27.5. The van der Waals surface area contributed by atoms with Crippen LogP contribution in [0.25, 0.3) is 16.9 Å². The Morgan fingerprint density at radius 1 is 0.605 bits per heavy atom. The van der Waals surface area contributed by atoms with Crippen molar-refractivity contribution in [1.29, 1.82) is 0 Å². The average Bonchev–Trinajstić information content (AvgIpc) is 3.32. The van der Waals surface area contributed by atoms with Crippen molar-refractivity contribution in [2.75, 3.05) is 0 Å². The molecule has 0 unspecified atom stereocenters. The van der Waals surface area contributed by atoms with E-state index in [2.05, 4.69) is 22.4 Å². The van der Waals surface area contributed by atoms with Gasteiger partial charge in [0.2, 0.25) is 0 Å². The Kier molecular flexibility index (Phi) is 11.3. The predicted molar refractivity (Wildman–Crippen MR) is 149 cm³/mol. The predicted octanol–water partition coefficient (Wildman–Crippen LogP) is 5.05.